The van der Waals surface area contributed by atoms with E-state index in [2.05, 4.69) is 26.2 Å². The molecule has 2 heterocycles. The Hall–Kier alpha value is -2.28. The summed E-state index contributed by atoms with van der Waals surface area (Å²) >= 11 is 0. The molecule has 1 saturated heterocycles. The van der Waals surface area contributed by atoms with E-state index in [0.717, 1.165) is 24.5 Å². The van der Waals surface area contributed by atoms with Gasteiger partial charge in [0.2, 0.25) is 5.91 Å². The van der Waals surface area contributed by atoms with Crippen molar-refractivity contribution in [1.82, 2.24) is 25.5 Å². The normalized spacial score (nSPS) is 14.9. The highest BCUT2D eigenvalue weighted by Gasteiger charge is 2.19. The Balaban J connectivity index is 1.61. The fourth-order valence-electron chi connectivity index (χ4n) is 1.94. The van der Waals surface area contributed by atoms with Crippen LogP contribution < -0.4 is 10.6 Å². The minimum absolute atomic E-state index is 0.0571. The second-order valence-corrected chi connectivity index (χ2v) is 4.58. The maximum Gasteiger partial charge on any atom is 0.224 e. The zero-order valence-electron chi connectivity index (χ0n) is 10.3. The lowest BCUT2D eigenvalue weighted by Gasteiger charge is -2.26. The summed E-state index contributed by atoms with van der Waals surface area (Å²) in [5.74, 6) is 0.530. The molecule has 0 radical (unpaired) electrons. The van der Waals surface area contributed by atoms with Crippen molar-refractivity contribution in [2.24, 2.45) is 5.92 Å². The second-order valence-electron chi connectivity index (χ2n) is 4.58. The Labute approximate surface area is 110 Å². The van der Waals surface area contributed by atoms with Crippen LogP contribution in [0.1, 0.15) is 6.42 Å². The largest absolute Gasteiger partial charge is 0.326 e. The van der Waals surface area contributed by atoms with Gasteiger partial charge >= 0.3 is 0 Å². The van der Waals surface area contributed by atoms with E-state index in [1.807, 2.05) is 24.3 Å². The van der Waals surface area contributed by atoms with Gasteiger partial charge in [0.15, 0.2) is 0 Å². The minimum atomic E-state index is 0.0571. The highest BCUT2D eigenvalue weighted by Crippen LogP contribution is 2.14. The molecule has 19 heavy (non-hydrogen) atoms. The molecular formula is C12H14N6O. The summed E-state index contributed by atoms with van der Waals surface area (Å²) < 4.78 is 1.56. The number of aromatic nitrogens is 4. The molecule has 0 aliphatic carbocycles. The summed E-state index contributed by atoms with van der Waals surface area (Å²) in [5, 5.41) is 17.0. The van der Waals surface area contributed by atoms with E-state index in [-0.39, 0.29) is 5.91 Å². The van der Waals surface area contributed by atoms with Gasteiger partial charge in [-0.05, 0) is 53.7 Å². The number of nitrogens with one attached hydrogen (secondary N) is 2. The molecule has 2 aromatic rings. The molecule has 0 unspecified atom stereocenters. The van der Waals surface area contributed by atoms with Gasteiger partial charge < -0.3 is 10.6 Å². The van der Waals surface area contributed by atoms with Gasteiger partial charge in [0.25, 0.3) is 0 Å². The Bertz CT molecular complexity index is 546. The first-order valence-corrected chi connectivity index (χ1v) is 6.15. The van der Waals surface area contributed by atoms with Crippen molar-refractivity contribution in [2.75, 3.05) is 18.4 Å². The maximum atomic E-state index is 11.8. The van der Waals surface area contributed by atoms with Crippen LogP contribution in [-0.4, -0.2) is 39.2 Å². The van der Waals surface area contributed by atoms with E-state index >= 15 is 0 Å². The van der Waals surface area contributed by atoms with E-state index in [1.165, 1.54) is 6.33 Å². The third-order valence-corrected chi connectivity index (χ3v) is 3.10. The van der Waals surface area contributed by atoms with Crippen LogP contribution in [0.25, 0.3) is 5.69 Å². The van der Waals surface area contributed by atoms with Crippen LogP contribution in [0, 0.1) is 5.92 Å². The van der Waals surface area contributed by atoms with E-state index in [9.17, 15) is 4.79 Å². The van der Waals surface area contributed by atoms with Crippen LogP contribution in [-0.2, 0) is 4.79 Å². The lowest BCUT2D eigenvalue weighted by atomic mass is 9.99. The van der Waals surface area contributed by atoms with Crippen LogP contribution in [0.15, 0.2) is 30.6 Å². The lowest BCUT2D eigenvalue weighted by Crippen LogP contribution is -2.43. The smallest absolute Gasteiger partial charge is 0.224 e. The molecule has 7 heteroatoms. The third kappa shape index (κ3) is 2.76. The standard InChI is InChI=1S/C12H14N6O/c19-12(5-9-6-13-7-9)15-10-1-3-11(4-2-10)18-8-14-16-17-18/h1-4,8-9,13H,5-7H2,(H,15,19). The lowest BCUT2D eigenvalue weighted by molar-refractivity contribution is -0.117. The first-order chi connectivity index (χ1) is 9.31. The van der Waals surface area contributed by atoms with E-state index in [0.29, 0.717) is 12.3 Å². The predicted octanol–water partition coefficient (Wildman–Crippen LogP) is 0.210. The molecule has 1 aliphatic rings. The number of anilines is 1. The van der Waals surface area contributed by atoms with Crippen molar-refractivity contribution in [1.29, 1.82) is 0 Å². The molecule has 0 bridgehead atoms. The van der Waals surface area contributed by atoms with Crippen molar-refractivity contribution in [3.63, 3.8) is 0 Å². The van der Waals surface area contributed by atoms with Crippen molar-refractivity contribution in [2.45, 2.75) is 6.42 Å². The number of carbonyl (C=O) groups excluding carboxylic acids is 1. The van der Waals surface area contributed by atoms with Gasteiger partial charge in [-0.3, -0.25) is 4.79 Å². The molecule has 1 amide bonds. The summed E-state index contributed by atoms with van der Waals surface area (Å²) in [4.78, 5) is 11.8. The number of benzene rings is 1. The predicted molar refractivity (Wildman–Crippen MR) is 68.8 cm³/mol. The van der Waals surface area contributed by atoms with E-state index in [4.69, 9.17) is 0 Å². The first-order valence-electron chi connectivity index (χ1n) is 6.15. The van der Waals surface area contributed by atoms with Crippen LogP contribution >= 0.6 is 0 Å². The maximum absolute atomic E-state index is 11.8. The molecule has 1 fully saturated rings. The van der Waals surface area contributed by atoms with Crippen LogP contribution in [0.3, 0.4) is 0 Å². The summed E-state index contributed by atoms with van der Waals surface area (Å²) in [5.41, 5.74) is 1.64. The summed E-state index contributed by atoms with van der Waals surface area (Å²) in [6.45, 7) is 1.87. The molecule has 7 nitrogen and oxygen atoms in total. The SMILES string of the molecule is O=C(CC1CNC1)Nc1ccc(-n2cnnn2)cc1. The van der Waals surface area contributed by atoms with Gasteiger partial charge in [0.1, 0.15) is 6.33 Å². The summed E-state index contributed by atoms with van der Waals surface area (Å²) in [7, 11) is 0. The van der Waals surface area contributed by atoms with Gasteiger partial charge in [-0.2, -0.15) is 0 Å². The average Bonchev–Trinajstić information content (AvgIpc) is 2.89. The monoisotopic (exact) mass is 258 g/mol. The number of nitrogens with zero attached hydrogens (tertiary/aromatic N) is 4. The van der Waals surface area contributed by atoms with Crippen molar-refractivity contribution in [3.05, 3.63) is 30.6 Å². The average molecular weight is 258 g/mol. The van der Waals surface area contributed by atoms with Crippen molar-refractivity contribution in [3.8, 4) is 5.69 Å². The molecule has 1 aromatic carbocycles. The highest BCUT2D eigenvalue weighted by molar-refractivity contribution is 5.91. The number of rotatable bonds is 4. The number of hydrogen-bond acceptors (Lipinski definition) is 5. The van der Waals surface area contributed by atoms with Crippen molar-refractivity contribution >= 4 is 11.6 Å². The molecule has 2 N–H and O–H groups in total. The summed E-state index contributed by atoms with van der Waals surface area (Å²) in [6, 6.07) is 7.40. The second kappa shape index (κ2) is 5.15. The number of hydrogen-bond donors (Lipinski definition) is 2. The van der Waals surface area contributed by atoms with E-state index in [1.54, 1.807) is 4.68 Å². The van der Waals surface area contributed by atoms with Gasteiger partial charge in [0, 0.05) is 12.1 Å². The molecule has 3 rings (SSSR count). The highest BCUT2D eigenvalue weighted by atomic mass is 16.1. The molecule has 98 valence electrons. The first kappa shape index (κ1) is 11.8. The molecule has 1 aliphatic heterocycles. The molecular weight excluding hydrogens is 244 g/mol. The van der Waals surface area contributed by atoms with Crippen molar-refractivity contribution < 1.29 is 4.79 Å². The molecule has 0 saturated carbocycles. The third-order valence-electron chi connectivity index (χ3n) is 3.10. The Morgan fingerprint density at radius 2 is 2.16 bits per heavy atom. The van der Waals surface area contributed by atoms with Crippen LogP contribution in [0.2, 0.25) is 0 Å². The molecule has 0 spiro atoms. The Morgan fingerprint density at radius 1 is 1.37 bits per heavy atom. The zero-order valence-corrected chi connectivity index (χ0v) is 10.3. The van der Waals surface area contributed by atoms with Crippen LogP contribution in [0.4, 0.5) is 5.69 Å². The fraction of sp³-hybridized carbons (Fsp3) is 0.333. The number of tetrazole rings is 1. The quantitative estimate of drug-likeness (QED) is 0.819. The number of carbonyl (C=O) groups is 1. The van der Waals surface area contributed by atoms with Gasteiger partial charge in [-0.25, -0.2) is 4.68 Å². The molecule has 1 aromatic heterocycles. The minimum Gasteiger partial charge on any atom is -0.326 e. The Morgan fingerprint density at radius 3 is 2.74 bits per heavy atom. The van der Waals surface area contributed by atoms with Crippen LogP contribution in [0.5, 0.6) is 0 Å². The molecule has 0 atom stereocenters. The zero-order chi connectivity index (χ0) is 13.1. The van der Waals surface area contributed by atoms with Gasteiger partial charge in [-0.15, -0.1) is 5.10 Å². The van der Waals surface area contributed by atoms with Gasteiger partial charge in [0.05, 0.1) is 5.69 Å². The number of amides is 1. The topological polar surface area (TPSA) is 84.7 Å². The fourth-order valence-corrected chi connectivity index (χ4v) is 1.94. The Kier molecular flexibility index (Phi) is 3.20. The summed E-state index contributed by atoms with van der Waals surface area (Å²) in [6.07, 6.45) is 2.10. The van der Waals surface area contributed by atoms with E-state index < -0.39 is 0 Å². The van der Waals surface area contributed by atoms with Gasteiger partial charge in [-0.1, -0.05) is 0 Å².